The molecule has 0 aliphatic rings. The molecule has 7 heteroatoms. The first-order valence-electron chi connectivity index (χ1n) is 5.98. The number of primary sulfonamides is 1. The molecular formula is C12H20N2O4S. The first-order valence-corrected chi connectivity index (χ1v) is 7.52. The quantitative estimate of drug-likeness (QED) is 0.656. The maximum atomic E-state index is 11.4. The number of nitrogens with one attached hydrogen (secondary N) is 1. The Kier molecular flexibility index (Phi) is 6.79. The Morgan fingerprint density at radius 2 is 1.95 bits per heavy atom. The molecule has 0 atom stereocenters. The van der Waals surface area contributed by atoms with Gasteiger partial charge in [-0.25, -0.2) is 13.6 Å². The van der Waals surface area contributed by atoms with Crippen molar-refractivity contribution in [1.29, 1.82) is 0 Å². The predicted molar refractivity (Wildman–Crippen MR) is 73.6 cm³/mol. The van der Waals surface area contributed by atoms with Crippen molar-refractivity contribution in [3.63, 3.8) is 0 Å². The molecule has 0 unspecified atom stereocenters. The molecule has 1 aromatic carbocycles. The summed E-state index contributed by atoms with van der Waals surface area (Å²) in [5.74, 6) is 0. The number of sulfonamides is 1. The molecule has 108 valence electrons. The SMILES string of the molecule is COCCOCCCNc1ccccc1S(N)(=O)=O. The second-order valence-electron chi connectivity index (χ2n) is 3.93. The van der Waals surface area contributed by atoms with Gasteiger partial charge >= 0.3 is 0 Å². The van der Waals surface area contributed by atoms with Gasteiger partial charge in [0.2, 0.25) is 10.0 Å². The van der Waals surface area contributed by atoms with Gasteiger partial charge in [0, 0.05) is 20.3 Å². The molecule has 0 radical (unpaired) electrons. The zero-order valence-electron chi connectivity index (χ0n) is 11.0. The molecule has 1 aromatic rings. The highest BCUT2D eigenvalue weighted by Gasteiger charge is 2.12. The molecule has 0 saturated heterocycles. The maximum absolute atomic E-state index is 11.4. The zero-order chi connectivity index (χ0) is 14.1. The van der Waals surface area contributed by atoms with Crippen molar-refractivity contribution in [2.24, 2.45) is 5.14 Å². The number of rotatable bonds is 9. The van der Waals surface area contributed by atoms with Gasteiger partial charge in [0.1, 0.15) is 4.90 Å². The Morgan fingerprint density at radius 3 is 2.63 bits per heavy atom. The normalized spacial score (nSPS) is 11.5. The highest BCUT2D eigenvalue weighted by atomic mass is 32.2. The molecule has 0 amide bonds. The topological polar surface area (TPSA) is 90.7 Å². The van der Waals surface area contributed by atoms with Crippen LogP contribution in [0, 0.1) is 0 Å². The Bertz CT molecular complexity index is 476. The molecule has 0 heterocycles. The summed E-state index contributed by atoms with van der Waals surface area (Å²) in [6, 6.07) is 6.56. The number of methoxy groups -OCH3 is 1. The fourth-order valence-electron chi connectivity index (χ4n) is 1.50. The van der Waals surface area contributed by atoms with Gasteiger partial charge in [-0.3, -0.25) is 0 Å². The summed E-state index contributed by atoms with van der Waals surface area (Å²) in [7, 11) is -2.08. The zero-order valence-corrected chi connectivity index (χ0v) is 11.8. The van der Waals surface area contributed by atoms with E-state index in [4.69, 9.17) is 14.6 Å². The molecule has 0 aliphatic carbocycles. The van der Waals surface area contributed by atoms with Crippen LogP contribution in [0.1, 0.15) is 6.42 Å². The van der Waals surface area contributed by atoms with Crippen molar-refractivity contribution in [2.75, 3.05) is 38.8 Å². The molecule has 1 rings (SSSR count). The number of benzene rings is 1. The van der Waals surface area contributed by atoms with E-state index in [0.717, 1.165) is 6.42 Å². The lowest BCUT2D eigenvalue weighted by Crippen LogP contribution is -2.16. The molecule has 0 spiro atoms. The average molecular weight is 288 g/mol. The van der Waals surface area contributed by atoms with Gasteiger partial charge < -0.3 is 14.8 Å². The maximum Gasteiger partial charge on any atom is 0.240 e. The minimum Gasteiger partial charge on any atom is -0.384 e. The van der Waals surface area contributed by atoms with Crippen molar-refractivity contribution < 1.29 is 17.9 Å². The van der Waals surface area contributed by atoms with E-state index < -0.39 is 10.0 Å². The number of hydrogen-bond acceptors (Lipinski definition) is 5. The lowest BCUT2D eigenvalue weighted by atomic mass is 10.3. The van der Waals surface area contributed by atoms with Crippen LogP contribution >= 0.6 is 0 Å². The lowest BCUT2D eigenvalue weighted by Gasteiger charge is -2.10. The van der Waals surface area contributed by atoms with E-state index in [1.54, 1.807) is 25.3 Å². The van der Waals surface area contributed by atoms with Gasteiger partial charge in [0.25, 0.3) is 0 Å². The van der Waals surface area contributed by atoms with E-state index in [2.05, 4.69) is 5.32 Å². The summed E-state index contributed by atoms with van der Waals surface area (Å²) in [6.07, 6.45) is 0.767. The van der Waals surface area contributed by atoms with Gasteiger partial charge in [-0.15, -0.1) is 0 Å². The van der Waals surface area contributed by atoms with E-state index in [-0.39, 0.29) is 4.90 Å². The Labute approximate surface area is 113 Å². The first-order chi connectivity index (χ1) is 9.05. The summed E-state index contributed by atoms with van der Waals surface area (Å²) >= 11 is 0. The van der Waals surface area contributed by atoms with Crippen molar-refractivity contribution >= 4 is 15.7 Å². The van der Waals surface area contributed by atoms with Crippen molar-refractivity contribution in [1.82, 2.24) is 0 Å². The van der Waals surface area contributed by atoms with Gasteiger partial charge in [-0.05, 0) is 18.6 Å². The monoisotopic (exact) mass is 288 g/mol. The fraction of sp³-hybridized carbons (Fsp3) is 0.500. The van der Waals surface area contributed by atoms with Crippen molar-refractivity contribution in [3.05, 3.63) is 24.3 Å². The summed E-state index contributed by atoms with van der Waals surface area (Å²) < 4.78 is 32.9. The van der Waals surface area contributed by atoms with Gasteiger partial charge in [-0.2, -0.15) is 0 Å². The van der Waals surface area contributed by atoms with Crippen LogP contribution in [0.4, 0.5) is 5.69 Å². The second-order valence-corrected chi connectivity index (χ2v) is 5.46. The van der Waals surface area contributed by atoms with Crippen LogP contribution in [0.2, 0.25) is 0 Å². The summed E-state index contributed by atoms with van der Waals surface area (Å²) in [5, 5.41) is 8.18. The minimum absolute atomic E-state index is 0.107. The van der Waals surface area contributed by atoms with Gasteiger partial charge in [0.05, 0.1) is 18.9 Å². The Hall–Kier alpha value is -1.15. The molecule has 0 bridgehead atoms. The standard InChI is InChI=1S/C12H20N2O4S/c1-17-9-10-18-8-4-7-14-11-5-2-3-6-12(11)19(13,15)16/h2-3,5-6,14H,4,7-10H2,1H3,(H2,13,15,16). The number of ether oxygens (including phenoxy) is 2. The Morgan fingerprint density at radius 1 is 1.21 bits per heavy atom. The summed E-state index contributed by atoms with van der Waals surface area (Å²) in [4.78, 5) is 0.107. The Balaban J connectivity index is 2.38. The molecule has 0 saturated carbocycles. The highest BCUT2D eigenvalue weighted by molar-refractivity contribution is 7.89. The average Bonchev–Trinajstić information content (AvgIpc) is 2.37. The van der Waals surface area contributed by atoms with E-state index in [1.807, 2.05) is 0 Å². The van der Waals surface area contributed by atoms with E-state index >= 15 is 0 Å². The number of para-hydroxylation sites is 1. The highest BCUT2D eigenvalue weighted by Crippen LogP contribution is 2.18. The van der Waals surface area contributed by atoms with Crippen LogP contribution in [0.25, 0.3) is 0 Å². The third-order valence-corrected chi connectivity index (χ3v) is 3.38. The molecular weight excluding hydrogens is 268 g/mol. The second kappa shape index (κ2) is 8.11. The van der Waals surface area contributed by atoms with E-state index in [1.165, 1.54) is 6.07 Å². The number of nitrogens with two attached hydrogens (primary N) is 1. The van der Waals surface area contributed by atoms with E-state index in [9.17, 15) is 8.42 Å². The van der Waals surface area contributed by atoms with Crippen molar-refractivity contribution in [2.45, 2.75) is 11.3 Å². The molecule has 0 aromatic heterocycles. The third-order valence-electron chi connectivity index (χ3n) is 2.41. The molecule has 19 heavy (non-hydrogen) atoms. The molecule has 0 aliphatic heterocycles. The van der Waals surface area contributed by atoms with Crippen LogP contribution < -0.4 is 10.5 Å². The van der Waals surface area contributed by atoms with Crippen LogP contribution in [0.5, 0.6) is 0 Å². The van der Waals surface area contributed by atoms with Crippen molar-refractivity contribution in [3.8, 4) is 0 Å². The number of anilines is 1. The van der Waals surface area contributed by atoms with E-state index in [0.29, 0.717) is 32.1 Å². The summed E-state index contributed by atoms with van der Waals surface area (Å²) in [6.45, 7) is 2.33. The van der Waals surface area contributed by atoms with Crippen LogP contribution in [0.3, 0.4) is 0 Å². The molecule has 3 N–H and O–H groups in total. The first kappa shape index (κ1) is 15.9. The van der Waals surface area contributed by atoms with Crippen LogP contribution in [-0.2, 0) is 19.5 Å². The number of hydrogen-bond donors (Lipinski definition) is 2. The minimum atomic E-state index is -3.70. The largest absolute Gasteiger partial charge is 0.384 e. The lowest BCUT2D eigenvalue weighted by molar-refractivity contribution is 0.0705. The van der Waals surface area contributed by atoms with Gasteiger partial charge in [-0.1, -0.05) is 12.1 Å². The smallest absolute Gasteiger partial charge is 0.240 e. The fourth-order valence-corrected chi connectivity index (χ4v) is 2.22. The summed E-state index contributed by atoms with van der Waals surface area (Å²) in [5.41, 5.74) is 0.516. The molecule has 6 nitrogen and oxygen atoms in total. The van der Waals surface area contributed by atoms with Gasteiger partial charge in [0.15, 0.2) is 0 Å². The molecule has 0 fully saturated rings. The predicted octanol–water partition coefficient (Wildman–Crippen LogP) is 0.799. The third kappa shape index (κ3) is 6.02. The van der Waals surface area contributed by atoms with Crippen LogP contribution in [0.15, 0.2) is 29.2 Å². The van der Waals surface area contributed by atoms with Crippen LogP contribution in [-0.4, -0.2) is 41.9 Å².